The van der Waals surface area contributed by atoms with E-state index in [0.29, 0.717) is 6.42 Å². The van der Waals surface area contributed by atoms with E-state index in [9.17, 15) is 20.1 Å². The van der Waals surface area contributed by atoms with E-state index in [2.05, 4.69) is 6.92 Å². The molecule has 2 saturated carbocycles. The minimum Gasteiger partial charge on any atom is -0.393 e. The third-order valence-corrected chi connectivity index (χ3v) is 5.90. The maximum atomic E-state index is 11.8. The molecular formula is C15H26O4. The summed E-state index contributed by atoms with van der Waals surface area (Å²) in [5.41, 5.74) is -2.44. The monoisotopic (exact) mass is 270 g/mol. The van der Waals surface area contributed by atoms with Crippen LogP contribution in [0, 0.1) is 17.3 Å². The average molecular weight is 270 g/mol. The summed E-state index contributed by atoms with van der Waals surface area (Å²) >= 11 is 0. The lowest BCUT2D eigenvalue weighted by atomic mass is 9.58. The van der Waals surface area contributed by atoms with Gasteiger partial charge in [-0.05, 0) is 57.3 Å². The molecular weight excluding hydrogens is 244 g/mol. The lowest BCUT2D eigenvalue weighted by molar-refractivity contribution is -0.169. The van der Waals surface area contributed by atoms with Crippen LogP contribution in [0.3, 0.4) is 0 Å². The van der Waals surface area contributed by atoms with Gasteiger partial charge < -0.3 is 15.3 Å². The summed E-state index contributed by atoms with van der Waals surface area (Å²) in [5, 5.41) is 30.7. The Morgan fingerprint density at radius 3 is 2.47 bits per heavy atom. The Bertz CT molecular complexity index is 378. The topological polar surface area (TPSA) is 77.8 Å². The highest BCUT2D eigenvalue weighted by molar-refractivity contribution is 5.80. The minimum absolute atomic E-state index is 0.0375. The summed E-state index contributed by atoms with van der Waals surface area (Å²) in [7, 11) is 0. The molecule has 2 fully saturated rings. The molecule has 4 heteroatoms. The quantitative estimate of drug-likeness (QED) is 0.721. The van der Waals surface area contributed by atoms with Crippen LogP contribution in [0.1, 0.15) is 52.9 Å². The molecule has 0 heterocycles. The van der Waals surface area contributed by atoms with Gasteiger partial charge in [-0.3, -0.25) is 4.79 Å². The Morgan fingerprint density at radius 2 is 1.95 bits per heavy atom. The molecule has 19 heavy (non-hydrogen) atoms. The molecule has 110 valence electrons. The number of fused-ring (bicyclic) bond motifs is 1. The summed E-state index contributed by atoms with van der Waals surface area (Å²) in [6.07, 6.45) is 3.59. The molecule has 0 aromatic heterocycles. The van der Waals surface area contributed by atoms with Crippen LogP contribution in [0.25, 0.3) is 0 Å². The van der Waals surface area contributed by atoms with Crippen molar-refractivity contribution < 1.29 is 20.1 Å². The van der Waals surface area contributed by atoms with Gasteiger partial charge >= 0.3 is 0 Å². The zero-order valence-electron chi connectivity index (χ0n) is 12.1. The molecule has 4 nitrogen and oxygen atoms in total. The van der Waals surface area contributed by atoms with Crippen LogP contribution in [0.4, 0.5) is 0 Å². The largest absolute Gasteiger partial charge is 0.393 e. The summed E-state index contributed by atoms with van der Waals surface area (Å²) in [4.78, 5) is 11.8. The fourth-order valence-electron chi connectivity index (χ4n) is 4.24. The predicted octanol–water partition coefficient (Wildman–Crippen LogP) is 1.27. The van der Waals surface area contributed by atoms with Gasteiger partial charge in [0.1, 0.15) is 5.78 Å². The summed E-state index contributed by atoms with van der Waals surface area (Å²) in [5.74, 6) is -0.444. The number of Topliss-reactive ketones (excluding diaryl/α,β-unsaturated/α-hetero) is 1. The smallest absolute Gasteiger partial charge is 0.135 e. The molecule has 5 atom stereocenters. The van der Waals surface area contributed by atoms with Crippen molar-refractivity contribution in [3.05, 3.63) is 0 Å². The van der Waals surface area contributed by atoms with E-state index >= 15 is 0 Å². The first kappa shape index (κ1) is 14.9. The number of aliphatic hydroxyl groups is 3. The van der Waals surface area contributed by atoms with Crippen molar-refractivity contribution in [1.82, 2.24) is 0 Å². The average Bonchev–Trinajstić information content (AvgIpc) is 2.60. The molecule has 1 unspecified atom stereocenters. The van der Waals surface area contributed by atoms with Gasteiger partial charge in [0.2, 0.25) is 0 Å². The Labute approximate surface area is 114 Å². The number of aliphatic hydroxyl groups excluding tert-OH is 1. The lowest BCUT2D eigenvalue weighted by Gasteiger charge is -2.51. The standard InChI is InChI=1S/C15H26O4/c1-10(17)12-5-7-13(2)6-4-11(8-15(12,13)19)14(3,18)9-16/h11-12,16,18-19H,4-9H2,1-3H3/t11?,12-,13+,14+,15+/m1/s1. The van der Waals surface area contributed by atoms with Crippen molar-refractivity contribution in [2.24, 2.45) is 17.3 Å². The molecule has 0 aromatic rings. The van der Waals surface area contributed by atoms with E-state index < -0.39 is 11.2 Å². The molecule has 0 radical (unpaired) electrons. The second kappa shape index (κ2) is 4.54. The molecule has 0 spiro atoms. The van der Waals surface area contributed by atoms with Gasteiger partial charge in [0.05, 0.1) is 17.8 Å². The third kappa shape index (κ3) is 2.14. The highest BCUT2D eigenvalue weighted by atomic mass is 16.3. The fourth-order valence-corrected chi connectivity index (χ4v) is 4.24. The molecule has 0 saturated heterocycles. The Kier molecular flexibility index (Phi) is 3.57. The summed E-state index contributed by atoms with van der Waals surface area (Å²) in [6, 6.07) is 0. The van der Waals surface area contributed by atoms with Gasteiger partial charge in [-0.25, -0.2) is 0 Å². The van der Waals surface area contributed by atoms with Crippen molar-refractivity contribution in [3.8, 4) is 0 Å². The van der Waals surface area contributed by atoms with E-state index in [-0.39, 0.29) is 29.6 Å². The van der Waals surface area contributed by atoms with Crippen molar-refractivity contribution in [3.63, 3.8) is 0 Å². The first-order valence-electron chi connectivity index (χ1n) is 7.22. The molecule has 0 bridgehead atoms. The van der Waals surface area contributed by atoms with Crippen LogP contribution < -0.4 is 0 Å². The van der Waals surface area contributed by atoms with Crippen LogP contribution >= 0.6 is 0 Å². The second-order valence-corrected chi connectivity index (χ2v) is 7.14. The highest BCUT2D eigenvalue weighted by Crippen LogP contribution is 2.60. The van der Waals surface area contributed by atoms with E-state index in [1.54, 1.807) is 13.8 Å². The Morgan fingerprint density at radius 1 is 1.37 bits per heavy atom. The minimum atomic E-state index is -1.18. The molecule has 2 aliphatic rings. The molecule has 0 amide bonds. The van der Waals surface area contributed by atoms with Crippen molar-refractivity contribution >= 4 is 5.78 Å². The van der Waals surface area contributed by atoms with Gasteiger partial charge in [-0.15, -0.1) is 0 Å². The van der Waals surface area contributed by atoms with Gasteiger partial charge in [-0.1, -0.05) is 6.92 Å². The molecule has 3 N–H and O–H groups in total. The van der Waals surface area contributed by atoms with Crippen molar-refractivity contribution in [2.75, 3.05) is 6.61 Å². The number of carbonyl (C=O) groups is 1. The maximum absolute atomic E-state index is 11.8. The number of rotatable bonds is 3. The summed E-state index contributed by atoms with van der Waals surface area (Å²) in [6.45, 7) is 4.90. The van der Waals surface area contributed by atoms with Crippen LogP contribution in [-0.2, 0) is 4.79 Å². The SMILES string of the molecule is CC(=O)[C@H]1CC[C@]2(C)CCC([C@@](C)(O)CO)C[C@]12O. The number of hydrogen-bond donors (Lipinski definition) is 3. The van der Waals surface area contributed by atoms with Gasteiger partial charge in [0, 0.05) is 5.92 Å². The number of carbonyl (C=O) groups excluding carboxylic acids is 1. The van der Waals surface area contributed by atoms with Crippen LogP contribution in [-0.4, -0.2) is 38.9 Å². The maximum Gasteiger partial charge on any atom is 0.135 e. The lowest BCUT2D eigenvalue weighted by Crippen LogP contribution is -2.56. The normalized spacial score (nSPS) is 45.6. The zero-order valence-corrected chi connectivity index (χ0v) is 12.1. The molecule has 0 aromatic carbocycles. The highest BCUT2D eigenvalue weighted by Gasteiger charge is 2.61. The number of ketones is 1. The van der Waals surface area contributed by atoms with Crippen LogP contribution in [0.15, 0.2) is 0 Å². The molecule has 0 aliphatic heterocycles. The predicted molar refractivity (Wildman–Crippen MR) is 71.5 cm³/mol. The van der Waals surface area contributed by atoms with Gasteiger partial charge in [0.25, 0.3) is 0 Å². The number of hydrogen-bond acceptors (Lipinski definition) is 4. The molecule has 2 aliphatic carbocycles. The first-order chi connectivity index (χ1) is 8.66. The second-order valence-electron chi connectivity index (χ2n) is 7.14. The Hall–Kier alpha value is -0.450. The zero-order chi connectivity index (χ0) is 14.5. The fraction of sp³-hybridized carbons (Fsp3) is 0.933. The van der Waals surface area contributed by atoms with E-state index in [0.717, 1.165) is 25.7 Å². The van der Waals surface area contributed by atoms with E-state index in [1.165, 1.54) is 0 Å². The van der Waals surface area contributed by atoms with Gasteiger partial charge in [-0.2, -0.15) is 0 Å². The van der Waals surface area contributed by atoms with E-state index in [4.69, 9.17) is 0 Å². The Balaban J connectivity index is 2.29. The van der Waals surface area contributed by atoms with Gasteiger partial charge in [0.15, 0.2) is 0 Å². The van der Waals surface area contributed by atoms with E-state index in [1.807, 2.05) is 0 Å². The van der Waals surface area contributed by atoms with Crippen LogP contribution in [0.5, 0.6) is 0 Å². The first-order valence-corrected chi connectivity index (χ1v) is 7.22. The molecule has 2 rings (SSSR count). The van der Waals surface area contributed by atoms with Crippen molar-refractivity contribution in [2.45, 2.75) is 64.1 Å². The summed E-state index contributed by atoms with van der Waals surface area (Å²) < 4.78 is 0. The van der Waals surface area contributed by atoms with Crippen LogP contribution in [0.2, 0.25) is 0 Å². The van der Waals surface area contributed by atoms with Crippen molar-refractivity contribution in [1.29, 1.82) is 0 Å². The third-order valence-electron chi connectivity index (χ3n) is 5.90.